The van der Waals surface area contributed by atoms with Crippen LogP contribution in [0.2, 0.25) is 0 Å². The quantitative estimate of drug-likeness (QED) is 0.526. The highest BCUT2D eigenvalue weighted by Crippen LogP contribution is 2.14. The van der Waals surface area contributed by atoms with E-state index in [9.17, 15) is 5.11 Å². The predicted octanol–water partition coefficient (Wildman–Crippen LogP) is 0.273. The summed E-state index contributed by atoms with van der Waals surface area (Å²) in [5.41, 5.74) is 7.23. The van der Waals surface area contributed by atoms with Gasteiger partial charge in [0.05, 0.1) is 18.8 Å². The Kier molecular flexibility index (Phi) is 4.55. The summed E-state index contributed by atoms with van der Waals surface area (Å²) in [5.74, 6) is 0. The molecule has 1 aromatic rings. The molecule has 0 fully saturated rings. The average molecular weight is 210 g/mol. The van der Waals surface area contributed by atoms with E-state index < -0.39 is 6.10 Å². The number of nitrogens with two attached hydrogens (primary N) is 1. The van der Waals surface area contributed by atoms with Crippen molar-refractivity contribution >= 4 is 5.69 Å². The monoisotopic (exact) mass is 210 g/mol. The molecule has 1 aromatic carbocycles. The molecule has 0 aliphatic carbocycles. The molecule has 0 spiro atoms. The van der Waals surface area contributed by atoms with Crippen molar-refractivity contribution in [1.82, 2.24) is 5.32 Å². The molecule has 0 heterocycles. The normalized spacial score (nSPS) is 14.9. The summed E-state index contributed by atoms with van der Waals surface area (Å²) in [4.78, 5) is 0. The summed E-state index contributed by atoms with van der Waals surface area (Å²) in [6, 6.07) is 7.17. The number of aliphatic hydroxyl groups excluding tert-OH is 2. The van der Waals surface area contributed by atoms with Gasteiger partial charge in [-0.15, -0.1) is 0 Å². The molecule has 0 aromatic heterocycles. The number of benzene rings is 1. The molecule has 1 rings (SSSR count). The van der Waals surface area contributed by atoms with E-state index in [0.717, 1.165) is 5.56 Å². The summed E-state index contributed by atoms with van der Waals surface area (Å²) in [7, 11) is 0. The van der Waals surface area contributed by atoms with Crippen molar-refractivity contribution in [2.24, 2.45) is 0 Å². The summed E-state index contributed by atoms with van der Waals surface area (Å²) < 4.78 is 0. The summed E-state index contributed by atoms with van der Waals surface area (Å²) in [5, 5.41) is 21.4. The second-order valence-corrected chi connectivity index (χ2v) is 3.66. The maximum Gasteiger partial charge on any atom is 0.0636 e. The van der Waals surface area contributed by atoms with Crippen molar-refractivity contribution in [3.63, 3.8) is 0 Å². The molecule has 0 saturated carbocycles. The zero-order valence-corrected chi connectivity index (χ0v) is 8.85. The first kappa shape index (κ1) is 12.0. The topological polar surface area (TPSA) is 78.5 Å². The van der Waals surface area contributed by atoms with E-state index in [2.05, 4.69) is 5.32 Å². The first-order valence-electron chi connectivity index (χ1n) is 5.01. The van der Waals surface area contributed by atoms with Gasteiger partial charge in [-0.2, -0.15) is 0 Å². The summed E-state index contributed by atoms with van der Waals surface area (Å²) in [6.45, 7) is 2.15. The zero-order chi connectivity index (χ0) is 11.3. The van der Waals surface area contributed by atoms with Gasteiger partial charge in [-0.3, -0.25) is 0 Å². The first-order valence-corrected chi connectivity index (χ1v) is 5.01. The van der Waals surface area contributed by atoms with Crippen LogP contribution >= 0.6 is 0 Å². The lowest BCUT2D eigenvalue weighted by atomic mass is 10.1. The lowest BCUT2D eigenvalue weighted by Gasteiger charge is -2.17. The maximum absolute atomic E-state index is 9.19. The van der Waals surface area contributed by atoms with Gasteiger partial charge in [-0.25, -0.2) is 0 Å². The second-order valence-electron chi connectivity index (χ2n) is 3.66. The van der Waals surface area contributed by atoms with Gasteiger partial charge in [0, 0.05) is 12.2 Å². The van der Waals surface area contributed by atoms with Crippen molar-refractivity contribution < 1.29 is 10.2 Å². The fourth-order valence-corrected chi connectivity index (χ4v) is 1.33. The van der Waals surface area contributed by atoms with Crippen molar-refractivity contribution in [2.75, 3.05) is 18.9 Å². The van der Waals surface area contributed by atoms with Gasteiger partial charge in [-0.05, 0) is 24.6 Å². The average Bonchev–Trinajstić information content (AvgIpc) is 2.21. The van der Waals surface area contributed by atoms with E-state index in [0.29, 0.717) is 12.2 Å². The largest absolute Gasteiger partial charge is 0.399 e. The van der Waals surface area contributed by atoms with Crippen LogP contribution in [-0.4, -0.2) is 29.5 Å². The molecular formula is C11H18N2O2. The lowest BCUT2D eigenvalue weighted by molar-refractivity contribution is 0.172. The SMILES string of the molecule is CC(O)CNC(CO)c1ccc(N)cc1. The Morgan fingerprint density at radius 1 is 1.33 bits per heavy atom. The van der Waals surface area contributed by atoms with Gasteiger partial charge in [0.25, 0.3) is 0 Å². The van der Waals surface area contributed by atoms with Crippen molar-refractivity contribution in [3.8, 4) is 0 Å². The predicted molar refractivity (Wildman–Crippen MR) is 60.4 cm³/mol. The molecule has 84 valence electrons. The Bertz CT molecular complexity index is 285. The highest BCUT2D eigenvalue weighted by molar-refractivity contribution is 5.40. The number of nitrogen functional groups attached to an aromatic ring is 1. The molecule has 2 atom stereocenters. The van der Waals surface area contributed by atoms with E-state index in [4.69, 9.17) is 10.8 Å². The number of nitrogens with one attached hydrogen (secondary N) is 1. The molecule has 0 radical (unpaired) electrons. The Hall–Kier alpha value is -1.10. The molecule has 0 saturated heterocycles. The number of aliphatic hydroxyl groups is 2. The number of hydrogen-bond donors (Lipinski definition) is 4. The van der Waals surface area contributed by atoms with Gasteiger partial charge in [0.15, 0.2) is 0 Å². The highest BCUT2D eigenvalue weighted by atomic mass is 16.3. The standard InChI is InChI=1S/C11H18N2O2/c1-8(15)6-13-11(7-14)9-2-4-10(12)5-3-9/h2-5,8,11,13-15H,6-7,12H2,1H3. The minimum absolute atomic E-state index is 0.00334. The van der Waals surface area contributed by atoms with E-state index in [1.165, 1.54) is 0 Å². The van der Waals surface area contributed by atoms with Crippen LogP contribution in [0.15, 0.2) is 24.3 Å². The third kappa shape index (κ3) is 3.87. The van der Waals surface area contributed by atoms with Crippen LogP contribution in [0.25, 0.3) is 0 Å². The van der Waals surface area contributed by atoms with Crippen LogP contribution < -0.4 is 11.1 Å². The van der Waals surface area contributed by atoms with E-state index >= 15 is 0 Å². The van der Waals surface area contributed by atoms with Crippen LogP contribution in [0.5, 0.6) is 0 Å². The van der Waals surface area contributed by atoms with Crippen molar-refractivity contribution in [1.29, 1.82) is 0 Å². The Labute approximate surface area is 89.7 Å². The number of rotatable bonds is 5. The molecule has 4 nitrogen and oxygen atoms in total. The molecular weight excluding hydrogens is 192 g/mol. The van der Waals surface area contributed by atoms with Crippen LogP contribution in [0.4, 0.5) is 5.69 Å². The molecule has 5 N–H and O–H groups in total. The molecule has 0 aliphatic heterocycles. The van der Waals surface area contributed by atoms with E-state index in [1.54, 1.807) is 19.1 Å². The summed E-state index contributed by atoms with van der Waals surface area (Å²) >= 11 is 0. The third-order valence-corrected chi connectivity index (χ3v) is 2.18. The highest BCUT2D eigenvalue weighted by Gasteiger charge is 2.09. The number of anilines is 1. The van der Waals surface area contributed by atoms with Gasteiger partial charge in [0.2, 0.25) is 0 Å². The van der Waals surface area contributed by atoms with Crippen LogP contribution in [0, 0.1) is 0 Å². The van der Waals surface area contributed by atoms with Crippen LogP contribution in [-0.2, 0) is 0 Å². The van der Waals surface area contributed by atoms with Gasteiger partial charge >= 0.3 is 0 Å². The minimum atomic E-state index is -0.423. The van der Waals surface area contributed by atoms with Gasteiger partial charge < -0.3 is 21.3 Å². The van der Waals surface area contributed by atoms with Crippen LogP contribution in [0.1, 0.15) is 18.5 Å². The Morgan fingerprint density at radius 3 is 2.40 bits per heavy atom. The van der Waals surface area contributed by atoms with Crippen molar-refractivity contribution in [2.45, 2.75) is 19.1 Å². The third-order valence-electron chi connectivity index (χ3n) is 2.18. The van der Waals surface area contributed by atoms with Crippen molar-refractivity contribution in [3.05, 3.63) is 29.8 Å². The molecule has 0 amide bonds. The van der Waals surface area contributed by atoms with Gasteiger partial charge in [0.1, 0.15) is 0 Å². The maximum atomic E-state index is 9.19. The first-order chi connectivity index (χ1) is 7.13. The lowest BCUT2D eigenvalue weighted by Crippen LogP contribution is -2.30. The molecule has 0 bridgehead atoms. The molecule has 0 aliphatic rings. The Morgan fingerprint density at radius 2 is 1.93 bits per heavy atom. The summed E-state index contributed by atoms with van der Waals surface area (Å²) in [6.07, 6.45) is -0.423. The fraction of sp³-hybridized carbons (Fsp3) is 0.455. The number of hydrogen-bond acceptors (Lipinski definition) is 4. The Balaban J connectivity index is 2.61. The molecule has 2 unspecified atom stereocenters. The minimum Gasteiger partial charge on any atom is -0.399 e. The van der Waals surface area contributed by atoms with E-state index in [1.807, 2.05) is 12.1 Å². The zero-order valence-electron chi connectivity index (χ0n) is 8.85. The fourth-order valence-electron chi connectivity index (χ4n) is 1.33. The second kappa shape index (κ2) is 5.70. The van der Waals surface area contributed by atoms with Crippen LogP contribution in [0.3, 0.4) is 0 Å². The molecule has 4 heteroatoms. The van der Waals surface area contributed by atoms with Gasteiger partial charge in [-0.1, -0.05) is 12.1 Å². The molecule has 15 heavy (non-hydrogen) atoms. The van der Waals surface area contributed by atoms with E-state index in [-0.39, 0.29) is 12.6 Å². The smallest absolute Gasteiger partial charge is 0.0636 e.